The van der Waals surface area contributed by atoms with Crippen molar-refractivity contribution in [3.8, 4) is 0 Å². The van der Waals surface area contributed by atoms with Gasteiger partial charge in [0.05, 0.1) is 0 Å². The Morgan fingerprint density at radius 3 is 1.88 bits per heavy atom. The van der Waals surface area contributed by atoms with Gasteiger partial charge in [-0.15, -0.1) is 0 Å². The molecule has 4 nitrogen and oxygen atoms in total. The molecule has 0 bridgehead atoms. The third kappa shape index (κ3) is 2.41. The molecule has 0 aliphatic carbocycles. The Balaban J connectivity index is 2.22. The highest BCUT2D eigenvalue weighted by Gasteiger charge is 2.43. The lowest BCUT2D eigenvalue weighted by atomic mass is 9.79. The molecule has 1 fully saturated rings. The summed E-state index contributed by atoms with van der Waals surface area (Å²) < 4.78 is 0. The molecule has 0 aromatic heterocycles. The minimum absolute atomic E-state index is 0.00347. The smallest absolute Gasteiger partial charge is 0.253 e. The van der Waals surface area contributed by atoms with Crippen LogP contribution in [0.15, 0.2) is 12.2 Å². The zero-order chi connectivity index (χ0) is 12.8. The number of hydrogen-bond acceptors (Lipinski definition) is 3. The van der Waals surface area contributed by atoms with Crippen molar-refractivity contribution < 1.29 is 9.59 Å². The van der Waals surface area contributed by atoms with Gasteiger partial charge in [0, 0.05) is 29.3 Å². The fourth-order valence-corrected chi connectivity index (χ4v) is 3.22. The van der Waals surface area contributed by atoms with Crippen molar-refractivity contribution in [1.29, 1.82) is 0 Å². The largest absolute Gasteiger partial charge is 0.307 e. The molecule has 1 saturated heterocycles. The topological polar surface area (TPSA) is 49.4 Å². The van der Waals surface area contributed by atoms with Crippen molar-refractivity contribution in [3.63, 3.8) is 0 Å². The van der Waals surface area contributed by atoms with Crippen LogP contribution in [0, 0.1) is 0 Å². The van der Waals surface area contributed by atoms with Gasteiger partial charge < -0.3 is 5.32 Å². The van der Waals surface area contributed by atoms with E-state index in [9.17, 15) is 9.59 Å². The van der Waals surface area contributed by atoms with E-state index in [1.165, 1.54) is 17.1 Å². The molecule has 2 heterocycles. The number of hydrogen-bond donors (Lipinski definition) is 1. The van der Waals surface area contributed by atoms with Crippen LogP contribution in [-0.2, 0) is 9.59 Å². The van der Waals surface area contributed by atoms with E-state index in [0.29, 0.717) is 0 Å². The molecule has 0 radical (unpaired) electrons. The Morgan fingerprint density at radius 2 is 1.47 bits per heavy atom. The molecule has 1 N–H and O–H groups in total. The van der Waals surface area contributed by atoms with E-state index in [1.807, 2.05) is 0 Å². The number of carbonyl (C=O) groups is 2. The lowest BCUT2D eigenvalue weighted by Crippen LogP contribution is -2.62. The van der Waals surface area contributed by atoms with Crippen molar-refractivity contribution in [1.82, 2.24) is 10.2 Å². The van der Waals surface area contributed by atoms with Gasteiger partial charge in [0.15, 0.2) is 0 Å². The van der Waals surface area contributed by atoms with Crippen LogP contribution >= 0.6 is 0 Å². The molecule has 0 saturated carbocycles. The average molecular weight is 236 g/mol. The van der Waals surface area contributed by atoms with E-state index in [1.54, 1.807) is 0 Å². The first-order valence-electron chi connectivity index (χ1n) is 6.05. The summed E-state index contributed by atoms with van der Waals surface area (Å²) in [6, 6.07) is -0.00347. The zero-order valence-corrected chi connectivity index (χ0v) is 10.9. The Labute approximate surface area is 102 Å². The molecule has 0 unspecified atom stereocenters. The zero-order valence-electron chi connectivity index (χ0n) is 10.9. The Hall–Kier alpha value is -1.16. The van der Waals surface area contributed by atoms with Crippen molar-refractivity contribution in [3.05, 3.63) is 12.2 Å². The Bertz CT molecular complexity index is 362. The molecule has 0 aromatic carbocycles. The maximum absolute atomic E-state index is 11.7. The van der Waals surface area contributed by atoms with Crippen LogP contribution in [0.1, 0.15) is 40.5 Å². The highest BCUT2D eigenvalue weighted by atomic mass is 16.2. The molecular weight excluding hydrogens is 216 g/mol. The number of carbonyl (C=O) groups excluding carboxylic acids is 2. The molecule has 94 valence electrons. The summed E-state index contributed by atoms with van der Waals surface area (Å²) in [5.41, 5.74) is -0.120. The number of piperidine rings is 1. The molecule has 0 atom stereocenters. The van der Waals surface area contributed by atoms with Crippen LogP contribution < -0.4 is 5.32 Å². The second kappa shape index (κ2) is 3.67. The summed E-state index contributed by atoms with van der Waals surface area (Å²) in [4.78, 5) is 24.8. The molecule has 2 aliphatic heterocycles. The molecule has 2 amide bonds. The quantitative estimate of drug-likeness (QED) is 0.696. The van der Waals surface area contributed by atoms with Crippen molar-refractivity contribution in [2.24, 2.45) is 0 Å². The molecule has 2 rings (SSSR count). The summed E-state index contributed by atoms with van der Waals surface area (Å²) in [5.74, 6) is -0.345. The fourth-order valence-electron chi connectivity index (χ4n) is 3.22. The number of amides is 2. The molecule has 2 aliphatic rings. The van der Waals surface area contributed by atoms with Crippen LogP contribution in [0.4, 0.5) is 0 Å². The number of imide groups is 1. The van der Waals surface area contributed by atoms with Gasteiger partial charge in [0.1, 0.15) is 0 Å². The average Bonchev–Trinajstić information content (AvgIpc) is 2.40. The lowest BCUT2D eigenvalue weighted by molar-refractivity contribution is -0.141. The minimum Gasteiger partial charge on any atom is -0.307 e. The summed E-state index contributed by atoms with van der Waals surface area (Å²) in [6.45, 7) is 8.44. The van der Waals surface area contributed by atoms with Gasteiger partial charge in [-0.25, -0.2) is 0 Å². The van der Waals surface area contributed by atoms with Crippen LogP contribution in [0.3, 0.4) is 0 Å². The van der Waals surface area contributed by atoms with E-state index < -0.39 is 0 Å². The highest BCUT2D eigenvalue weighted by Crippen LogP contribution is 2.32. The molecule has 17 heavy (non-hydrogen) atoms. The van der Waals surface area contributed by atoms with Gasteiger partial charge in [0.2, 0.25) is 0 Å². The molecular formula is C13H20N2O2. The normalized spacial score (nSPS) is 27.9. The highest BCUT2D eigenvalue weighted by molar-refractivity contribution is 6.13. The summed E-state index contributed by atoms with van der Waals surface area (Å²) in [5, 5.41) is 3.55. The first-order valence-corrected chi connectivity index (χ1v) is 6.05. The SMILES string of the molecule is CC1(C)CC(N2C(=O)C=CC2=O)CC(C)(C)N1. The predicted molar refractivity (Wildman–Crippen MR) is 65.3 cm³/mol. The minimum atomic E-state index is -0.173. The maximum Gasteiger partial charge on any atom is 0.253 e. The van der Waals surface area contributed by atoms with E-state index >= 15 is 0 Å². The van der Waals surface area contributed by atoms with Crippen LogP contribution in [0.2, 0.25) is 0 Å². The second-order valence-corrected chi connectivity index (χ2v) is 6.33. The first kappa shape index (κ1) is 12.3. The van der Waals surface area contributed by atoms with Crippen molar-refractivity contribution in [2.45, 2.75) is 57.7 Å². The van der Waals surface area contributed by atoms with Crippen LogP contribution in [-0.4, -0.2) is 33.8 Å². The van der Waals surface area contributed by atoms with Crippen LogP contribution in [0.25, 0.3) is 0 Å². The molecule has 0 spiro atoms. The van der Waals surface area contributed by atoms with Crippen LogP contribution in [0.5, 0.6) is 0 Å². The monoisotopic (exact) mass is 236 g/mol. The van der Waals surface area contributed by atoms with Gasteiger partial charge in [0.25, 0.3) is 11.8 Å². The van der Waals surface area contributed by atoms with E-state index in [-0.39, 0.29) is 28.9 Å². The maximum atomic E-state index is 11.7. The van der Waals surface area contributed by atoms with Gasteiger partial charge in [-0.3, -0.25) is 14.5 Å². The van der Waals surface area contributed by atoms with Gasteiger partial charge in [-0.05, 0) is 40.5 Å². The van der Waals surface area contributed by atoms with E-state index in [4.69, 9.17) is 0 Å². The Kier molecular flexibility index (Phi) is 2.65. The van der Waals surface area contributed by atoms with Gasteiger partial charge in [-0.1, -0.05) is 0 Å². The predicted octanol–water partition coefficient (Wildman–Crippen LogP) is 1.22. The van der Waals surface area contributed by atoms with Crippen molar-refractivity contribution >= 4 is 11.8 Å². The van der Waals surface area contributed by atoms with Gasteiger partial charge >= 0.3 is 0 Å². The Morgan fingerprint density at radius 1 is 1.06 bits per heavy atom. The third-order valence-corrected chi connectivity index (χ3v) is 3.38. The molecule has 0 aromatic rings. The van der Waals surface area contributed by atoms with Crippen molar-refractivity contribution in [2.75, 3.05) is 0 Å². The third-order valence-electron chi connectivity index (χ3n) is 3.38. The van der Waals surface area contributed by atoms with Gasteiger partial charge in [-0.2, -0.15) is 0 Å². The standard InChI is InChI=1S/C13H20N2O2/c1-12(2)7-9(8-13(3,4)14-12)15-10(16)5-6-11(15)17/h5-6,9,14H,7-8H2,1-4H3. The second-order valence-electron chi connectivity index (χ2n) is 6.33. The summed E-state index contributed by atoms with van der Waals surface area (Å²) in [7, 11) is 0. The van der Waals surface area contributed by atoms with E-state index in [0.717, 1.165) is 12.8 Å². The number of rotatable bonds is 1. The molecule has 4 heteroatoms. The summed E-state index contributed by atoms with van der Waals surface area (Å²) >= 11 is 0. The lowest BCUT2D eigenvalue weighted by Gasteiger charge is -2.48. The summed E-state index contributed by atoms with van der Waals surface area (Å²) in [6.07, 6.45) is 4.33. The fraction of sp³-hybridized carbons (Fsp3) is 0.692. The first-order chi connectivity index (χ1) is 7.70. The number of nitrogens with one attached hydrogen (secondary N) is 1. The van der Waals surface area contributed by atoms with E-state index in [2.05, 4.69) is 33.0 Å². The number of nitrogens with zero attached hydrogens (tertiary/aromatic N) is 1.